The van der Waals surface area contributed by atoms with E-state index in [9.17, 15) is 14.7 Å². The van der Waals surface area contributed by atoms with Crippen molar-refractivity contribution in [1.82, 2.24) is 5.32 Å². The van der Waals surface area contributed by atoms with Crippen molar-refractivity contribution >= 4 is 23.7 Å². The highest BCUT2D eigenvalue weighted by Crippen LogP contribution is 2.17. The van der Waals surface area contributed by atoms with Gasteiger partial charge in [0.25, 0.3) is 0 Å². The number of ether oxygens (including phenoxy) is 1. The molecule has 0 aromatic carbocycles. The number of carboxylic acids is 1. The molecule has 0 saturated heterocycles. The van der Waals surface area contributed by atoms with Gasteiger partial charge in [-0.3, -0.25) is 9.59 Å². The van der Waals surface area contributed by atoms with Crippen LogP contribution in [0.5, 0.6) is 0 Å². The van der Waals surface area contributed by atoms with Crippen molar-refractivity contribution in [2.45, 2.75) is 38.8 Å². The van der Waals surface area contributed by atoms with Gasteiger partial charge in [0.1, 0.15) is 5.60 Å². The molecule has 1 unspecified atom stereocenters. The molecular formula is C12H23NO4S. The van der Waals surface area contributed by atoms with E-state index in [1.807, 2.05) is 6.26 Å². The Hall–Kier alpha value is -0.750. The standard InChI is InChI=1S/C12H23NO4S/c1-12(2,3)17-11(16)9(10(14)15)8(13-4)6-7-18-5/h8-9,13H,6-7H2,1-5H3,(H,14,15)/t8-,9?/m0/s1. The normalized spacial score (nSPS) is 14.9. The first-order chi connectivity index (χ1) is 8.22. The molecule has 0 aliphatic heterocycles. The van der Waals surface area contributed by atoms with Gasteiger partial charge in [-0.05, 0) is 46.2 Å². The Bertz CT molecular complexity index is 288. The van der Waals surface area contributed by atoms with Crippen molar-refractivity contribution in [1.29, 1.82) is 0 Å². The minimum Gasteiger partial charge on any atom is -0.481 e. The first-order valence-corrected chi connectivity index (χ1v) is 7.24. The van der Waals surface area contributed by atoms with Gasteiger partial charge in [-0.2, -0.15) is 11.8 Å². The van der Waals surface area contributed by atoms with Gasteiger partial charge in [0.05, 0.1) is 0 Å². The number of carbonyl (C=O) groups excluding carboxylic acids is 1. The number of thioether (sulfide) groups is 1. The summed E-state index contributed by atoms with van der Waals surface area (Å²) < 4.78 is 5.16. The summed E-state index contributed by atoms with van der Waals surface area (Å²) in [6.07, 6.45) is 2.55. The zero-order valence-electron chi connectivity index (χ0n) is 11.6. The summed E-state index contributed by atoms with van der Waals surface area (Å²) in [4.78, 5) is 23.2. The van der Waals surface area contributed by atoms with Crippen LogP contribution in [0, 0.1) is 5.92 Å². The molecule has 0 aromatic rings. The second kappa shape index (κ2) is 7.63. The van der Waals surface area contributed by atoms with Gasteiger partial charge < -0.3 is 15.2 Å². The average Bonchev–Trinajstić information content (AvgIpc) is 2.20. The van der Waals surface area contributed by atoms with Gasteiger partial charge >= 0.3 is 11.9 Å². The number of carboxylic acid groups (broad SMARTS) is 1. The molecule has 0 heterocycles. The van der Waals surface area contributed by atoms with Crippen LogP contribution in [0.3, 0.4) is 0 Å². The van der Waals surface area contributed by atoms with Gasteiger partial charge in [-0.15, -0.1) is 0 Å². The summed E-state index contributed by atoms with van der Waals surface area (Å²) in [5.41, 5.74) is -0.678. The first-order valence-electron chi connectivity index (χ1n) is 5.84. The Labute approximate surface area is 113 Å². The van der Waals surface area contributed by atoms with Crippen LogP contribution in [-0.4, -0.2) is 47.7 Å². The van der Waals surface area contributed by atoms with Crippen LogP contribution in [0.4, 0.5) is 0 Å². The van der Waals surface area contributed by atoms with Crippen molar-refractivity contribution in [3.8, 4) is 0 Å². The van der Waals surface area contributed by atoms with Gasteiger partial charge in [0, 0.05) is 6.04 Å². The number of rotatable bonds is 7. The molecule has 6 heteroatoms. The van der Waals surface area contributed by atoms with Crippen LogP contribution in [-0.2, 0) is 14.3 Å². The molecule has 0 radical (unpaired) electrons. The smallest absolute Gasteiger partial charge is 0.322 e. The zero-order chi connectivity index (χ0) is 14.3. The number of hydrogen-bond donors (Lipinski definition) is 2. The highest BCUT2D eigenvalue weighted by molar-refractivity contribution is 7.98. The molecule has 0 saturated carbocycles. The SMILES string of the molecule is CN[C@@H](CCSC)C(C(=O)O)C(=O)OC(C)(C)C. The van der Waals surface area contributed by atoms with E-state index in [-0.39, 0.29) is 0 Å². The number of hydrogen-bond acceptors (Lipinski definition) is 5. The van der Waals surface area contributed by atoms with E-state index in [4.69, 9.17) is 4.74 Å². The molecule has 106 valence electrons. The summed E-state index contributed by atoms with van der Waals surface area (Å²) >= 11 is 1.61. The molecule has 5 nitrogen and oxygen atoms in total. The molecule has 0 aromatic heterocycles. The van der Waals surface area contributed by atoms with Crippen LogP contribution in [0.2, 0.25) is 0 Å². The molecule has 0 fully saturated rings. The van der Waals surface area contributed by atoms with E-state index < -0.39 is 29.5 Å². The van der Waals surface area contributed by atoms with Crippen molar-refractivity contribution in [2.24, 2.45) is 5.92 Å². The average molecular weight is 277 g/mol. The largest absolute Gasteiger partial charge is 0.481 e. The summed E-state index contributed by atoms with van der Waals surface area (Å²) in [5.74, 6) is -2.21. The quantitative estimate of drug-likeness (QED) is 0.541. The maximum Gasteiger partial charge on any atom is 0.322 e. The van der Waals surface area contributed by atoms with Gasteiger partial charge in [-0.1, -0.05) is 0 Å². The fraction of sp³-hybridized carbons (Fsp3) is 0.833. The summed E-state index contributed by atoms with van der Waals surface area (Å²) in [6, 6.07) is -0.412. The maximum absolute atomic E-state index is 11.9. The predicted octanol–water partition coefficient (Wildman–Crippen LogP) is 1.37. The Morgan fingerprint density at radius 2 is 1.94 bits per heavy atom. The van der Waals surface area contributed by atoms with E-state index in [0.717, 1.165) is 5.75 Å². The Morgan fingerprint density at radius 1 is 1.39 bits per heavy atom. The van der Waals surface area contributed by atoms with E-state index in [2.05, 4.69) is 5.32 Å². The monoisotopic (exact) mass is 277 g/mol. The van der Waals surface area contributed by atoms with Crippen LogP contribution in [0.15, 0.2) is 0 Å². The number of aliphatic carboxylic acids is 1. The summed E-state index contributed by atoms with van der Waals surface area (Å²) in [6.45, 7) is 5.17. The van der Waals surface area contributed by atoms with E-state index in [1.54, 1.807) is 39.6 Å². The van der Waals surface area contributed by atoms with Gasteiger partial charge in [0.2, 0.25) is 0 Å². The maximum atomic E-state index is 11.9. The molecule has 18 heavy (non-hydrogen) atoms. The van der Waals surface area contributed by atoms with E-state index in [0.29, 0.717) is 6.42 Å². The van der Waals surface area contributed by atoms with Gasteiger partial charge in [-0.25, -0.2) is 0 Å². The second-order valence-corrected chi connectivity index (χ2v) is 6.01. The minimum absolute atomic E-state index is 0.412. The zero-order valence-corrected chi connectivity index (χ0v) is 12.5. The molecule has 0 aliphatic rings. The van der Waals surface area contributed by atoms with E-state index >= 15 is 0 Å². The molecule has 0 rings (SSSR count). The molecule has 0 spiro atoms. The molecule has 2 atom stereocenters. The highest BCUT2D eigenvalue weighted by Gasteiger charge is 2.37. The number of nitrogens with one attached hydrogen (secondary N) is 1. The van der Waals surface area contributed by atoms with Crippen LogP contribution in [0.1, 0.15) is 27.2 Å². The number of esters is 1. The third-order valence-electron chi connectivity index (χ3n) is 2.33. The Kier molecular flexibility index (Phi) is 7.32. The lowest BCUT2D eigenvalue weighted by Crippen LogP contribution is -2.45. The lowest BCUT2D eigenvalue weighted by Gasteiger charge is -2.26. The van der Waals surface area contributed by atoms with Crippen molar-refractivity contribution in [3.05, 3.63) is 0 Å². The van der Waals surface area contributed by atoms with Crippen molar-refractivity contribution in [3.63, 3.8) is 0 Å². The fourth-order valence-electron chi connectivity index (χ4n) is 1.52. The van der Waals surface area contributed by atoms with Crippen molar-refractivity contribution < 1.29 is 19.4 Å². The second-order valence-electron chi connectivity index (χ2n) is 5.03. The third-order valence-corrected chi connectivity index (χ3v) is 2.98. The summed E-state index contributed by atoms with van der Waals surface area (Å²) in [7, 11) is 1.66. The lowest BCUT2D eigenvalue weighted by molar-refractivity contribution is -0.168. The minimum atomic E-state index is -1.17. The molecule has 2 N–H and O–H groups in total. The van der Waals surface area contributed by atoms with Crippen LogP contribution >= 0.6 is 11.8 Å². The fourth-order valence-corrected chi connectivity index (χ4v) is 2.01. The molecule has 0 bridgehead atoms. The predicted molar refractivity (Wildman–Crippen MR) is 72.8 cm³/mol. The molecule has 0 aliphatic carbocycles. The third kappa shape index (κ3) is 6.26. The lowest BCUT2D eigenvalue weighted by atomic mass is 9.97. The van der Waals surface area contributed by atoms with Gasteiger partial charge in [0.15, 0.2) is 5.92 Å². The first kappa shape index (κ1) is 17.2. The Morgan fingerprint density at radius 3 is 2.28 bits per heavy atom. The molecular weight excluding hydrogens is 254 g/mol. The topological polar surface area (TPSA) is 75.6 Å². The Balaban J connectivity index is 4.81. The number of carbonyl (C=O) groups is 2. The summed E-state index contributed by atoms with van der Waals surface area (Å²) in [5, 5.41) is 12.1. The van der Waals surface area contributed by atoms with E-state index in [1.165, 1.54) is 0 Å². The molecule has 0 amide bonds. The van der Waals surface area contributed by atoms with Crippen molar-refractivity contribution in [2.75, 3.05) is 19.1 Å². The van der Waals surface area contributed by atoms with Crippen LogP contribution in [0.25, 0.3) is 0 Å². The van der Waals surface area contributed by atoms with Crippen LogP contribution < -0.4 is 5.32 Å². The highest BCUT2D eigenvalue weighted by atomic mass is 32.2.